The molecule has 2 amide bonds. The van der Waals surface area contributed by atoms with Crippen molar-refractivity contribution < 1.29 is 4.79 Å². The fourth-order valence-corrected chi connectivity index (χ4v) is 4.64. The molecule has 1 heterocycles. The number of thioether (sulfide) groups is 2. The van der Waals surface area contributed by atoms with Crippen LogP contribution in [0.15, 0.2) is 53.4 Å². The third kappa shape index (κ3) is 4.38. The highest BCUT2D eigenvalue weighted by molar-refractivity contribution is 7.99. The summed E-state index contributed by atoms with van der Waals surface area (Å²) in [5.41, 5.74) is 3.48. The van der Waals surface area contributed by atoms with Crippen molar-refractivity contribution in [2.45, 2.75) is 36.5 Å². The summed E-state index contributed by atoms with van der Waals surface area (Å²) in [6.45, 7) is 7.42. The summed E-state index contributed by atoms with van der Waals surface area (Å²) in [7, 11) is 0. The molecule has 2 aromatic carbocycles. The maximum absolute atomic E-state index is 12.8. The first kappa shape index (κ1) is 19.2. The minimum absolute atomic E-state index is 0.0307. The van der Waals surface area contributed by atoms with Crippen LogP contribution in [0, 0.1) is 0 Å². The van der Waals surface area contributed by atoms with Gasteiger partial charge >= 0.3 is 6.03 Å². The second kappa shape index (κ2) is 7.97. The number of rotatable bonds is 3. The van der Waals surface area contributed by atoms with Crippen LogP contribution in [0.3, 0.4) is 0 Å². The molecular formula is C21H26N2OS2. The second-order valence-corrected chi connectivity index (χ2v) is 9.51. The van der Waals surface area contributed by atoms with Gasteiger partial charge in [-0.25, -0.2) is 4.79 Å². The van der Waals surface area contributed by atoms with E-state index in [4.69, 9.17) is 0 Å². The highest BCUT2D eigenvalue weighted by Gasteiger charge is 2.31. The number of hydrogen-bond donors (Lipinski definition) is 1. The van der Waals surface area contributed by atoms with Crippen LogP contribution in [0.2, 0.25) is 0 Å². The van der Waals surface area contributed by atoms with E-state index in [1.807, 2.05) is 47.2 Å². The third-order valence-electron chi connectivity index (χ3n) is 4.55. The van der Waals surface area contributed by atoms with Gasteiger partial charge < -0.3 is 10.2 Å². The Hall–Kier alpha value is -1.59. The normalized spacial score (nSPS) is 17.4. The van der Waals surface area contributed by atoms with Crippen LogP contribution >= 0.6 is 23.5 Å². The van der Waals surface area contributed by atoms with Gasteiger partial charge in [0.25, 0.3) is 0 Å². The predicted octanol–water partition coefficient (Wildman–Crippen LogP) is 5.99. The van der Waals surface area contributed by atoms with Crippen LogP contribution in [-0.2, 0) is 5.41 Å². The standard InChI is InChI=1S/C21H26N2OS2/c1-21(2,3)16-7-5-15(6-8-16)19-23(13-14-26-19)20(24)22-17-9-11-18(25-4)12-10-17/h5-12,19H,13-14H2,1-4H3,(H,22,24). The van der Waals surface area contributed by atoms with Gasteiger partial charge in [-0.15, -0.1) is 23.5 Å². The minimum Gasteiger partial charge on any atom is -0.308 e. The van der Waals surface area contributed by atoms with Crippen LogP contribution in [-0.4, -0.2) is 29.5 Å². The summed E-state index contributed by atoms with van der Waals surface area (Å²) in [6.07, 6.45) is 2.05. The highest BCUT2D eigenvalue weighted by Crippen LogP contribution is 2.39. The van der Waals surface area contributed by atoms with E-state index in [1.54, 1.807) is 11.8 Å². The molecule has 3 rings (SSSR count). The Kier molecular flexibility index (Phi) is 5.88. The van der Waals surface area contributed by atoms with Crippen molar-refractivity contribution in [2.24, 2.45) is 0 Å². The average Bonchev–Trinajstić information content (AvgIpc) is 3.11. The van der Waals surface area contributed by atoms with Crippen molar-refractivity contribution in [3.05, 3.63) is 59.7 Å². The van der Waals surface area contributed by atoms with Crippen LogP contribution in [0.25, 0.3) is 0 Å². The third-order valence-corrected chi connectivity index (χ3v) is 6.56. The number of carbonyl (C=O) groups is 1. The molecular weight excluding hydrogens is 360 g/mol. The van der Waals surface area contributed by atoms with Crippen LogP contribution in [0.1, 0.15) is 37.3 Å². The molecule has 2 aromatic rings. The Bertz CT molecular complexity index is 751. The van der Waals surface area contributed by atoms with E-state index in [0.29, 0.717) is 0 Å². The number of nitrogens with one attached hydrogen (secondary N) is 1. The van der Waals surface area contributed by atoms with E-state index in [9.17, 15) is 4.79 Å². The van der Waals surface area contributed by atoms with Crippen molar-refractivity contribution >= 4 is 35.2 Å². The van der Waals surface area contributed by atoms with Crippen LogP contribution < -0.4 is 5.32 Å². The molecule has 1 atom stereocenters. The molecule has 0 bridgehead atoms. The first-order valence-corrected chi connectivity index (χ1v) is 11.1. The predicted molar refractivity (Wildman–Crippen MR) is 114 cm³/mol. The smallest absolute Gasteiger partial charge is 0.308 e. The molecule has 1 saturated heterocycles. The van der Waals surface area contributed by atoms with E-state index in [1.165, 1.54) is 16.0 Å². The summed E-state index contributed by atoms with van der Waals surface area (Å²) in [5.74, 6) is 0.963. The highest BCUT2D eigenvalue weighted by atomic mass is 32.2. The van der Waals surface area contributed by atoms with E-state index >= 15 is 0 Å². The number of urea groups is 1. The molecule has 1 unspecified atom stereocenters. The van der Waals surface area contributed by atoms with Crippen molar-refractivity contribution in [2.75, 3.05) is 23.9 Å². The summed E-state index contributed by atoms with van der Waals surface area (Å²) in [4.78, 5) is 15.9. The number of amides is 2. The molecule has 1 aliphatic heterocycles. The monoisotopic (exact) mass is 386 g/mol. The fraction of sp³-hybridized carbons (Fsp3) is 0.381. The van der Waals surface area contributed by atoms with E-state index < -0.39 is 0 Å². The molecule has 0 radical (unpaired) electrons. The SMILES string of the molecule is CSc1ccc(NC(=O)N2CCSC2c2ccc(C(C)(C)C)cc2)cc1. The summed E-state index contributed by atoms with van der Waals surface area (Å²) in [5, 5.41) is 3.11. The Morgan fingerprint density at radius 1 is 1.12 bits per heavy atom. The summed E-state index contributed by atoms with van der Waals surface area (Å²) >= 11 is 3.52. The van der Waals surface area contributed by atoms with Gasteiger partial charge in [0.15, 0.2) is 0 Å². The lowest BCUT2D eigenvalue weighted by Gasteiger charge is -2.25. The second-order valence-electron chi connectivity index (χ2n) is 7.45. The zero-order chi connectivity index (χ0) is 18.7. The van der Waals surface area contributed by atoms with Gasteiger partial charge in [-0.3, -0.25) is 0 Å². The minimum atomic E-state index is -0.0307. The zero-order valence-corrected chi connectivity index (χ0v) is 17.4. The maximum atomic E-state index is 12.8. The van der Waals surface area contributed by atoms with Gasteiger partial charge in [-0.05, 0) is 47.1 Å². The van der Waals surface area contributed by atoms with Crippen LogP contribution in [0.4, 0.5) is 10.5 Å². The lowest BCUT2D eigenvalue weighted by molar-refractivity contribution is 0.214. The molecule has 1 aliphatic rings. The molecule has 5 heteroatoms. The molecule has 3 nitrogen and oxygen atoms in total. The van der Waals surface area contributed by atoms with Crippen molar-refractivity contribution in [1.29, 1.82) is 0 Å². The number of hydrogen-bond acceptors (Lipinski definition) is 3. The number of anilines is 1. The first-order chi connectivity index (χ1) is 12.4. The van der Waals surface area contributed by atoms with Gasteiger partial charge in [0.2, 0.25) is 0 Å². The van der Waals surface area contributed by atoms with Crippen LogP contribution in [0.5, 0.6) is 0 Å². The first-order valence-electron chi connectivity index (χ1n) is 8.82. The number of carbonyl (C=O) groups excluding carboxylic acids is 1. The summed E-state index contributed by atoms with van der Waals surface area (Å²) in [6, 6.07) is 16.6. The Morgan fingerprint density at radius 2 is 1.77 bits per heavy atom. The van der Waals surface area contributed by atoms with Crippen molar-refractivity contribution in [3.63, 3.8) is 0 Å². The molecule has 0 aliphatic carbocycles. The Morgan fingerprint density at radius 3 is 2.35 bits per heavy atom. The Labute approximate surface area is 164 Å². The molecule has 1 fully saturated rings. The summed E-state index contributed by atoms with van der Waals surface area (Å²) < 4.78 is 0. The van der Waals surface area contributed by atoms with Crippen molar-refractivity contribution in [1.82, 2.24) is 4.90 Å². The molecule has 138 valence electrons. The average molecular weight is 387 g/mol. The maximum Gasteiger partial charge on any atom is 0.323 e. The largest absolute Gasteiger partial charge is 0.323 e. The number of benzene rings is 2. The zero-order valence-electron chi connectivity index (χ0n) is 15.8. The molecule has 1 N–H and O–H groups in total. The van der Waals surface area contributed by atoms with Gasteiger partial charge in [0.05, 0.1) is 0 Å². The fourth-order valence-electron chi connectivity index (χ4n) is 2.97. The van der Waals surface area contributed by atoms with E-state index in [-0.39, 0.29) is 16.8 Å². The lowest BCUT2D eigenvalue weighted by atomic mass is 9.87. The van der Waals surface area contributed by atoms with E-state index in [2.05, 4.69) is 50.4 Å². The Balaban J connectivity index is 1.71. The van der Waals surface area contributed by atoms with Crippen molar-refractivity contribution in [3.8, 4) is 0 Å². The van der Waals surface area contributed by atoms with Gasteiger partial charge in [-0.2, -0.15) is 0 Å². The quantitative estimate of drug-likeness (QED) is 0.658. The van der Waals surface area contributed by atoms with Gasteiger partial charge in [-0.1, -0.05) is 45.0 Å². The molecule has 0 spiro atoms. The lowest BCUT2D eigenvalue weighted by Crippen LogP contribution is -2.34. The molecule has 0 aromatic heterocycles. The molecule has 0 saturated carbocycles. The molecule has 26 heavy (non-hydrogen) atoms. The van der Waals surface area contributed by atoms with Gasteiger partial charge in [0, 0.05) is 22.9 Å². The topological polar surface area (TPSA) is 32.3 Å². The number of nitrogens with zero attached hydrogens (tertiary/aromatic N) is 1. The van der Waals surface area contributed by atoms with E-state index in [0.717, 1.165) is 18.0 Å². The van der Waals surface area contributed by atoms with Gasteiger partial charge in [0.1, 0.15) is 5.37 Å².